The van der Waals surface area contributed by atoms with Crippen LogP contribution in [0.25, 0.3) is 33.3 Å². The number of rotatable bonds is 12. The average molecular weight is 1060 g/mol. The second-order valence-corrected chi connectivity index (χ2v) is 29.9. The van der Waals surface area contributed by atoms with Crippen LogP contribution < -0.4 is 10.7 Å². The van der Waals surface area contributed by atoms with Crippen LogP contribution in [0.15, 0.2) is 54.7 Å². The molecular weight excluding hydrogens is 989 g/mol. The molecule has 0 unspecified atom stereocenters. The van der Waals surface area contributed by atoms with Gasteiger partial charge in [-0.3, -0.25) is 4.98 Å². The Kier molecular flexibility index (Phi) is 16.3. The average Bonchev–Trinajstić information content (AvgIpc) is 3.94. The molecule has 2 aromatic heterocycles. The Labute approximate surface area is 421 Å². The molecule has 3 N–H and O–H groups in total. The molecule has 0 spiro atoms. The number of amides is 3. The number of aromatic hydroxyl groups is 1. The number of hydrazine groups is 1. The van der Waals surface area contributed by atoms with Crippen molar-refractivity contribution < 1.29 is 38.6 Å². The summed E-state index contributed by atoms with van der Waals surface area (Å²) < 4.78 is 15.8. The molecule has 3 amide bonds. The fourth-order valence-corrected chi connectivity index (χ4v) is 19.5. The minimum absolute atomic E-state index is 0.00805. The smallest absolute Gasteiger partial charge is 0.0563 e. The molecule has 5 heterocycles. The van der Waals surface area contributed by atoms with Crippen LogP contribution in [0.4, 0.5) is 0 Å². The van der Waals surface area contributed by atoms with Gasteiger partial charge >= 0.3 is 320 Å². The van der Waals surface area contributed by atoms with Crippen molar-refractivity contribution in [2.75, 3.05) is 47.4 Å². The van der Waals surface area contributed by atoms with Crippen LogP contribution in [-0.4, -0.2) is 143 Å². The summed E-state index contributed by atoms with van der Waals surface area (Å²) in [4.78, 5) is 80.0. The Balaban J connectivity index is 1.27. The van der Waals surface area contributed by atoms with Gasteiger partial charge in [-0.05, 0) is 32.4 Å². The van der Waals surface area contributed by atoms with Gasteiger partial charge in [0, 0.05) is 25.4 Å². The van der Waals surface area contributed by atoms with E-state index in [0.717, 1.165) is 44.5 Å². The monoisotopic (exact) mass is 1060 g/mol. The van der Waals surface area contributed by atoms with Gasteiger partial charge in [-0.15, -0.1) is 0 Å². The van der Waals surface area contributed by atoms with Crippen LogP contribution in [0.1, 0.15) is 97.6 Å². The molecule has 0 radical (unpaired) electrons. The van der Waals surface area contributed by atoms with Gasteiger partial charge in [-0.2, -0.15) is 0 Å². The Morgan fingerprint density at radius 3 is 2.49 bits per heavy atom. The molecule has 2 fully saturated rings. The minimum Gasteiger partial charge on any atom is -0.0563 e. The number of carbonyl (C=O) groups is 5. The summed E-state index contributed by atoms with van der Waals surface area (Å²) >= 11 is -3.44. The Hall–Kier alpha value is -4.77. The SMILES string of the molecule is CCn1c(-c2cccnc2[C@H](C)OC)c2c3cc(ccc31)-c1cc(O)cc(c1)C[C@H](NC(=O)[C@H](C(C)C)[In]([CH3])[C](=O)[C@H]1CCN(C(=O)C(C)(C)N(C)C)C1)C(=O)N1CCC[C@H](N1)C(=O)OCC(C)(C)C2. The van der Waals surface area contributed by atoms with E-state index in [0.29, 0.717) is 57.4 Å². The number of pyridine rings is 1. The molecule has 6 bridgehead atoms. The number of benzene rings is 2. The Morgan fingerprint density at radius 1 is 1.06 bits per heavy atom. The van der Waals surface area contributed by atoms with Gasteiger partial charge in [0.15, 0.2) is 0 Å². The first-order valence-electron chi connectivity index (χ1n) is 25.1. The van der Waals surface area contributed by atoms with Gasteiger partial charge in [0.1, 0.15) is 0 Å². The zero-order valence-electron chi connectivity index (χ0n) is 43.3. The fraction of sp³-hybridized carbons (Fsp3) is 0.556. The van der Waals surface area contributed by atoms with Crippen LogP contribution >= 0.6 is 0 Å². The zero-order chi connectivity index (χ0) is 51.0. The number of nitrogens with one attached hydrogen (secondary N) is 2. The summed E-state index contributed by atoms with van der Waals surface area (Å²) in [6.45, 7) is 17.8. The number of fused-ring (bicyclic) bond motifs is 6. The van der Waals surface area contributed by atoms with Crippen molar-refractivity contribution in [1.29, 1.82) is 0 Å². The molecule has 2 aromatic carbocycles. The number of aromatic nitrogens is 2. The van der Waals surface area contributed by atoms with E-state index >= 15 is 0 Å². The minimum atomic E-state index is -3.44. The summed E-state index contributed by atoms with van der Waals surface area (Å²) in [6, 6.07) is 13.7. The third-order valence-corrected chi connectivity index (χ3v) is 25.3. The number of nitrogens with zero attached hydrogens (tertiary/aromatic N) is 5. The van der Waals surface area contributed by atoms with Crippen LogP contribution in [0.2, 0.25) is 8.35 Å². The third kappa shape index (κ3) is 11.0. The number of aryl methyl sites for hydroxylation is 1. The summed E-state index contributed by atoms with van der Waals surface area (Å²) in [5.41, 5.74) is 8.96. The summed E-state index contributed by atoms with van der Waals surface area (Å²) in [7, 11) is 5.41. The van der Waals surface area contributed by atoms with Gasteiger partial charge in [0.2, 0.25) is 0 Å². The number of esters is 1. The zero-order valence-corrected chi connectivity index (χ0v) is 46.6. The van der Waals surface area contributed by atoms with Crippen molar-refractivity contribution in [1.82, 2.24) is 35.1 Å². The molecule has 0 saturated carbocycles. The molecular formula is C54H74InN7O8. The Bertz CT molecular complexity index is 2630. The normalized spacial score (nSPS) is 20.9. The molecule has 16 heteroatoms. The van der Waals surface area contributed by atoms with Gasteiger partial charge in [0.25, 0.3) is 0 Å². The van der Waals surface area contributed by atoms with Crippen molar-refractivity contribution in [3.8, 4) is 28.1 Å². The van der Waals surface area contributed by atoms with Gasteiger partial charge in [0.05, 0.1) is 17.5 Å². The molecule has 15 nitrogen and oxygen atoms in total. The number of cyclic esters (lactones) is 1. The van der Waals surface area contributed by atoms with Crippen molar-refractivity contribution in [3.05, 3.63) is 71.5 Å². The number of likely N-dealkylation sites (N-methyl/N-ethyl adjacent to an activating group) is 1. The second kappa shape index (κ2) is 21.5. The fourth-order valence-electron chi connectivity index (χ4n) is 10.7. The molecule has 70 heavy (non-hydrogen) atoms. The first-order valence-corrected chi connectivity index (χ1v) is 31.9. The van der Waals surface area contributed by atoms with Crippen LogP contribution in [-0.2, 0) is 52.8 Å². The van der Waals surface area contributed by atoms with E-state index < -0.39 is 60.0 Å². The molecule has 0 aliphatic carbocycles. The molecule has 4 aromatic rings. The van der Waals surface area contributed by atoms with Gasteiger partial charge in [-0.1, -0.05) is 13.8 Å². The third-order valence-electron chi connectivity index (χ3n) is 15.2. The molecule has 3 aliphatic heterocycles. The van der Waals surface area contributed by atoms with E-state index in [-0.39, 0.29) is 52.1 Å². The van der Waals surface area contributed by atoms with E-state index in [1.165, 1.54) is 5.01 Å². The maximum absolute atomic E-state index is 14.8. The molecule has 5 atom stereocenters. The van der Waals surface area contributed by atoms with Crippen molar-refractivity contribution in [2.24, 2.45) is 17.3 Å². The van der Waals surface area contributed by atoms with Crippen LogP contribution in [0, 0.1) is 17.3 Å². The predicted molar refractivity (Wildman–Crippen MR) is 273 cm³/mol. The van der Waals surface area contributed by atoms with Crippen molar-refractivity contribution >= 4 is 59.6 Å². The number of phenolic OH excluding ortho intramolecular Hbond substituents is 1. The van der Waals surface area contributed by atoms with E-state index in [1.807, 2.05) is 76.5 Å². The topological polar surface area (TPSA) is 176 Å². The molecule has 7 rings (SSSR count). The number of hydrogen-bond acceptors (Lipinski definition) is 11. The van der Waals surface area contributed by atoms with Gasteiger partial charge < -0.3 is 9.30 Å². The second-order valence-electron chi connectivity index (χ2n) is 21.7. The standard InChI is InChI=1S/C42H52N5O6.C11H19N2O2.CH3.In/c1-8-46-36-14-13-28-22-32(36)33(39(46)31-11-9-15-43-38(31)26(4)52-7)23-42(5,6)24-53-41(51)34-12-10-16-47(45-34)40(50)35(44-37(49)17-25(2)3)20-27-18-29(28)21-30(48)19-27;1-11(2,12(3)4)10(15)13-6-5-9(7-13)8-14;;/h9,11,13-15,17-19,21-22,25-26,34-35,45,48H,8,10,12,16,20,23-24H2,1-7H3,(H,44,49);9H,5-7H2,1-4H3;1H3;/t26-,34-,35-;9-;;/m00../s1. The van der Waals surface area contributed by atoms with Crippen LogP contribution in [0.3, 0.4) is 0 Å². The number of likely N-dealkylation sites (tertiary alicyclic amines) is 1. The number of ether oxygens (including phenoxy) is 2. The molecule has 2 saturated heterocycles. The first-order chi connectivity index (χ1) is 33.1. The Morgan fingerprint density at radius 2 is 1.80 bits per heavy atom. The van der Waals surface area contributed by atoms with E-state index in [9.17, 15) is 29.1 Å². The summed E-state index contributed by atoms with van der Waals surface area (Å²) in [6.07, 6.45) is 3.62. The van der Waals surface area contributed by atoms with Crippen LogP contribution in [0.5, 0.6) is 5.75 Å². The van der Waals surface area contributed by atoms with E-state index in [4.69, 9.17) is 14.5 Å². The van der Waals surface area contributed by atoms with Crippen molar-refractivity contribution in [2.45, 2.75) is 126 Å². The molecule has 376 valence electrons. The quantitative estimate of drug-likeness (QED) is 0.126. The number of hydrogen-bond donors (Lipinski definition) is 3. The first kappa shape index (κ1) is 53.0. The summed E-state index contributed by atoms with van der Waals surface area (Å²) in [5.74, 6) is -1.79. The number of carbonyl (C=O) groups excluding carboxylic acids is 5. The van der Waals surface area contributed by atoms with Crippen molar-refractivity contribution in [3.63, 3.8) is 0 Å². The summed E-state index contributed by atoms with van der Waals surface area (Å²) in [5, 5.41) is 17.0. The van der Waals surface area contributed by atoms with E-state index in [1.54, 1.807) is 30.3 Å². The van der Waals surface area contributed by atoms with E-state index in [2.05, 4.69) is 54.3 Å². The number of phenols is 1. The predicted octanol–water partition coefficient (Wildman–Crippen LogP) is 6.90. The maximum atomic E-state index is 14.8. The number of methoxy groups -OCH3 is 1. The molecule has 3 aliphatic rings. The van der Waals surface area contributed by atoms with Gasteiger partial charge in [-0.25, -0.2) is 0 Å².